The molecule has 1 heterocycles. The van der Waals surface area contributed by atoms with Crippen LogP contribution in [0.25, 0.3) is 11.8 Å². The van der Waals surface area contributed by atoms with E-state index < -0.39 is 0 Å². The van der Waals surface area contributed by atoms with Crippen molar-refractivity contribution in [2.24, 2.45) is 0 Å². The van der Waals surface area contributed by atoms with Gasteiger partial charge in [0.2, 0.25) is 0 Å². The predicted molar refractivity (Wildman–Crippen MR) is 105 cm³/mol. The normalized spacial score (nSPS) is 10.9. The highest BCUT2D eigenvalue weighted by atomic mass is 35.5. The topological polar surface area (TPSA) is 59.0 Å². The molecule has 0 saturated heterocycles. The van der Waals surface area contributed by atoms with Gasteiger partial charge in [-0.2, -0.15) is 5.10 Å². The minimum atomic E-state index is -0.267. The van der Waals surface area contributed by atoms with Crippen LogP contribution in [0.5, 0.6) is 0 Å². The second-order valence-electron chi connectivity index (χ2n) is 5.79. The van der Waals surface area contributed by atoms with Crippen molar-refractivity contribution in [1.82, 2.24) is 15.2 Å². The van der Waals surface area contributed by atoms with Crippen molar-refractivity contribution in [2.75, 3.05) is 5.43 Å². The highest BCUT2D eigenvalue weighted by molar-refractivity contribution is 6.30. The maximum absolute atomic E-state index is 12.1. The van der Waals surface area contributed by atoms with E-state index in [0.29, 0.717) is 10.7 Å². The number of nitrogens with zero attached hydrogens (tertiary/aromatic N) is 2. The number of halogens is 1. The third-order valence-corrected chi connectivity index (χ3v) is 4.14. The first kappa shape index (κ1) is 17.8. The van der Waals surface area contributed by atoms with Crippen LogP contribution in [0.4, 0.5) is 5.69 Å². The van der Waals surface area contributed by atoms with Gasteiger partial charge in [0.15, 0.2) is 0 Å². The maximum Gasteiger partial charge on any atom is 0.262 e. The molecule has 3 rings (SSSR count). The summed E-state index contributed by atoms with van der Waals surface area (Å²) in [7, 11) is 0. The molecule has 6 heteroatoms. The van der Waals surface area contributed by atoms with Gasteiger partial charge in [-0.15, -0.1) is 0 Å². The Morgan fingerprint density at radius 2 is 1.88 bits per heavy atom. The van der Waals surface area contributed by atoms with Crippen LogP contribution < -0.4 is 10.9 Å². The molecule has 2 aromatic carbocycles. The van der Waals surface area contributed by atoms with Crippen LogP contribution in [-0.2, 0) is 4.79 Å². The number of nitrogens with one attached hydrogen (secondary N) is 2. The summed E-state index contributed by atoms with van der Waals surface area (Å²) in [6, 6.07) is 17.0. The Bertz CT molecular complexity index is 948. The lowest BCUT2D eigenvalue weighted by Crippen LogP contribution is -2.27. The average Bonchev–Trinajstić information content (AvgIpc) is 2.93. The number of hydrogen-bond donors (Lipinski definition) is 2. The minimum absolute atomic E-state index is 0.267. The fourth-order valence-corrected chi connectivity index (χ4v) is 2.81. The zero-order chi connectivity index (χ0) is 18.5. The Hall–Kier alpha value is -3.05. The first-order chi connectivity index (χ1) is 12.5. The number of carbonyl (C=O) groups is 1. The lowest BCUT2D eigenvalue weighted by Gasteiger charge is -2.06. The van der Waals surface area contributed by atoms with Gasteiger partial charge in [-0.1, -0.05) is 35.9 Å². The molecule has 2 N–H and O–H groups in total. The number of aromatic nitrogens is 2. The van der Waals surface area contributed by atoms with E-state index in [2.05, 4.69) is 16.0 Å². The number of aryl methyl sites for hydroxylation is 1. The molecule has 0 spiro atoms. The van der Waals surface area contributed by atoms with E-state index in [1.165, 1.54) is 6.08 Å². The standard InChI is InChI=1S/C20H19ClN4O/c1-14-19(15(2)25(24-14)18-9-4-3-5-10-18)11-12-20(26)23-22-17-8-6-7-16(21)13-17/h3-13,22H,1-2H3,(H,23,26)/b12-11+. The van der Waals surface area contributed by atoms with Crippen molar-refractivity contribution in [2.45, 2.75) is 13.8 Å². The van der Waals surface area contributed by atoms with Crippen molar-refractivity contribution >= 4 is 29.3 Å². The van der Waals surface area contributed by atoms with Crippen LogP contribution in [0.15, 0.2) is 60.7 Å². The maximum atomic E-state index is 12.1. The largest absolute Gasteiger partial charge is 0.298 e. The van der Waals surface area contributed by atoms with Crippen molar-refractivity contribution < 1.29 is 4.79 Å². The Morgan fingerprint density at radius 3 is 2.62 bits per heavy atom. The molecule has 0 radical (unpaired) electrons. The third-order valence-electron chi connectivity index (χ3n) is 3.90. The SMILES string of the molecule is Cc1nn(-c2ccccc2)c(C)c1/C=C/C(=O)NNc1cccc(Cl)c1. The summed E-state index contributed by atoms with van der Waals surface area (Å²) in [5.74, 6) is -0.267. The van der Waals surface area contributed by atoms with E-state index in [1.54, 1.807) is 24.3 Å². The van der Waals surface area contributed by atoms with Crippen molar-refractivity contribution in [3.05, 3.63) is 82.6 Å². The first-order valence-corrected chi connectivity index (χ1v) is 8.53. The van der Waals surface area contributed by atoms with Crippen LogP contribution in [0.3, 0.4) is 0 Å². The quantitative estimate of drug-likeness (QED) is 0.523. The van der Waals surface area contributed by atoms with Crippen LogP contribution in [-0.4, -0.2) is 15.7 Å². The van der Waals surface area contributed by atoms with Gasteiger partial charge < -0.3 is 0 Å². The molecule has 0 aliphatic carbocycles. The molecular formula is C20H19ClN4O. The smallest absolute Gasteiger partial charge is 0.262 e. The van der Waals surface area contributed by atoms with Gasteiger partial charge in [0.25, 0.3) is 5.91 Å². The Morgan fingerprint density at radius 1 is 1.12 bits per heavy atom. The summed E-state index contributed by atoms with van der Waals surface area (Å²) in [5, 5.41) is 5.16. The minimum Gasteiger partial charge on any atom is -0.298 e. The second kappa shape index (κ2) is 7.89. The number of anilines is 1. The van der Waals surface area contributed by atoms with E-state index in [1.807, 2.05) is 54.9 Å². The summed E-state index contributed by atoms with van der Waals surface area (Å²) in [6.45, 7) is 3.91. The number of hydrazine groups is 1. The molecule has 0 atom stereocenters. The highest BCUT2D eigenvalue weighted by Crippen LogP contribution is 2.19. The van der Waals surface area contributed by atoms with Gasteiger partial charge in [0.05, 0.1) is 17.1 Å². The van der Waals surface area contributed by atoms with Crippen LogP contribution in [0.1, 0.15) is 17.0 Å². The van der Waals surface area contributed by atoms with E-state index in [4.69, 9.17) is 11.6 Å². The van der Waals surface area contributed by atoms with Crippen molar-refractivity contribution in [3.63, 3.8) is 0 Å². The monoisotopic (exact) mass is 366 g/mol. The summed E-state index contributed by atoms with van der Waals surface area (Å²) in [5.41, 5.74) is 9.89. The van der Waals surface area contributed by atoms with Crippen LogP contribution in [0.2, 0.25) is 5.02 Å². The zero-order valence-electron chi connectivity index (χ0n) is 14.5. The first-order valence-electron chi connectivity index (χ1n) is 8.16. The lowest BCUT2D eigenvalue weighted by atomic mass is 10.2. The fraction of sp³-hybridized carbons (Fsp3) is 0.100. The molecule has 3 aromatic rings. The van der Waals surface area contributed by atoms with E-state index in [9.17, 15) is 4.79 Å². The predicted octanol–water partition coefficient (Wildman–Crippen LogP) is 4.30. The average molecular weight is 367 g/mol. The summed E-state index contributed by atoms with van der Waals surface area (Å²) < 4.78 is 1.87. The molecule has 1 amide bonds. The molecule has 0 fully saturated rings. The van der Waals surface area contributed by atoms with Gasteiger partial charge >= 0.3 is 0 Å². The van der Waals surface area contributed by atoms with E-state index in [0.717, 1.165) is 22.6 Å². The number of hydrogen-bond acceptors (Lipinski definition) is 3. The molecule has 0 saturated carbocycles. The molecule has 0 unspecified atom stereocenters. The van der Waals surface area contributed by atoms with Gasteiger partial charge in [0, 0.05) is 22.4 Å². The third kappa shape index (κ3) is 4.13. The fourth-order valence-electron chi connectivity index (χ4n) is 2.62. The van der Waals surface area contributed by atoms with Gasteiger partial charge in [-0.25, -0.2) is 4.68 Å². The van der Waals surface area contributed by atoms with E-state index in [-0.39, 0.29) is 5.91 Å². The molecule has 1 aromatic heterocycles. The Labute approximate surface area is 157 Å². The molecule has 0 bridgehead atoms. The van der Waals surface area contributed by atoms with Crippen LogP contribution in [0, 0.1) is 13.8 Å². The molecule has 0 aliphatic heterocycles. The summed E-state index contributed by atoms with van der Waals surface area (Å²) >= 11 is 5.91. The zero-order valence-corrected chi connectivity index (χ0v) is 15.3. The van der Waals surface area contributed by atoms with Crippen molar-refractivity contribution in [3.8, 4) is 5.69 Å². The van der Waals surface area contributed by atoms with Gasteiger partial charge in [-0.05, 0) is 50.3 Å². The van der Waals surface area contributed by atoms with Crippen LogP contribution >= 0.6 is 11.6 Å². The number of para-hydroxylation sites is 1. The molecular weight excluding hydrogens is 348 g/mol. The summed E-state index contributed by atoms with van der Waals surface area (Å²) in [6.07, 6.45) is 3.25. The van der Waals surface area contributed by atoms with E-state index >= 15 is 0 Å². The summed E-state index contributed by atoms with van der Waals surface area (Å²) in [4.78, 5) is 12.1. The number of benzene rings is 2. The Balaban J connectivity index is 1.70. The second-order valence-corrected chi connectivity index (χ2v) is 6.23. The lowest BCUT2D eigenvalue weighted by molar-refractivity contribution is -0.115. The number of rotatable bonds is 5. The Kier molecular flexibility index (Phi) is 5.39. The molecule has 26 heavy (non-hydrogen) atoms. The van der Waals surface area contributed by atoms with Crippen molar-refractivity contribution in [1.29, 1.82) is 0 Å². The van der Waals surface area contributed by atoms with Gasteiger partial charge in [-0.3, -0.25) is 15.6 Å². The number of amides is 1. The molecule has 132 valence electrons. The van der Waals surface area contributed by atoms with Gasteiger partial charge in [0.1, 0.15) is 0 Å². The molecule has 0 aliphatic rings. The number of carbonyl (C=O) groups excluding carboxylic acids is 1. The highest BCUT2D eigenvalue weighted by Gasteiger charge is 2.10. The molecule has 5 nitrogen and oxygen atoms in total.